The van der Waals surface area contributed by atoms with Gasteiger partial charge in [0.2, 0.25) is 5.89 Å². The Bertz CT molecular complexity index is 1420. The average Bonchev–Trinajstić information content (AvgIpc) is 3.29. The number of aryl methyl sites for hydroxylation is 1. The SMILES string of the molecule is Cc1ccc2oc(-c3cc(NC(=O)C(Oc4ccccc4)Oc4ccccc4)ccc3O)nc2c1. The van der Waals surface area contributed by atoms with Crippen LogP contribution < -0.4 is 14.8 Å². The maximum atomic E-state index is 13.2. The summed E-state index contributed by atoms with van der Waals surface area (Å²) in [5.41, 5.74) is 3.10. The van der Waals surface area contributed by atoms with Crippen LogP contribution in [0.2, 0.25) is 0 Å². The third kappa shape index (κ3) is 5.09. The lowest BCUT2D eigenvalue weighted by molar-refractivity contribution is -0.134. The van der Waals surface area contributed by atoms with Gasteiger partial charge in [-0.25, -0.2) is 4.98 Å². The van der Waals surface area contributed by atoms with Gasteiger partial charge in [-0.05, 0) is 67.1 Å². The summed E-state index contributed by atoms with van der Waals surface area (Å²) in [4.78, 5) is 17.7. The second-order valence-corrected chi connectivity index (χ2v) is 7.91. The molecule has 0 unspecified atom stereocenters. The molecule has 1 aromatic heterocycles. The number of aromatic nitrogens is 1. The van der Waals surface area contributed by atoms with Gasteiger partial charge in [0.15, 0.2) is 5.58 Å². The van der Waals surface area contributed by atoms with Crippen molar-refractivity contribution in [3.63, 3.8) is 0 Å². The van der Waals surface area contributed by atoms with Crippen LogP contribution in [0.5, 0.6) is 17.2 Å². The van der Waals surface area contributed by atoms with Crippen molar-refractivity contribution < 1.29 is 23.8 Å². The summed E-state index contributed by atoms with van der Waals surface area (Å²) in [5, 5.41) is 13.2. The fourth-order valence-corrected chi connectivity index (χ4v) is 3.52. The number of nitrogens with zero attached hydrogens (tertiary/aromatic N) is 1. The molecule has 0 bridgehead atoms. The standard InChI is InChI=1S/C28H22N2O5/c1-18-12-15-25-23(16-18)30-27(35-25)22-17-19(13-14-24(22)31)29-26(32)28(33-20-8-4-2-5-9-20)34-21-10-6-3-7-11-21/h2-17,28,31H,1H3,(H,29,32). The molecule has 0 fully saturated rings. The number of nitrogens with one attached hydrogen (secondary N) is 1. The molecule has 5 rings (SSSR count). The van der Waals surface area contributed by atoms with E-state index in [1.165, 1.54) is 6.07 Å². The monoisotopic (exact) mass is 466 g/mol. The number of oxazole rings is 1. The van der Waals surface area contributed by atoms with Crippen molar-refractivity contribution in [1.29, 1.82) is 0 Å². The van der Waals surface area contributed by atoms with Gasteiger partial charge in [-0.1, -0.05) is 42.5 Å². The van der Waals surface area contributed by atoms with Crippen LogP contribution in [-0.4, -0.2) is 22.3 Å². The van der Waals surface area contributed by atoms with Gasteiger partial charge < -0.3 is 24.3 Å². The van der Waals surface area contributed by atoms with E-state index in [4.69, 9.17) is 13.9 Å². The minimum Gasteiger partial charge on any atom is -0.507 e. The third-order valence-electron chi connectivity index (χ3n) is 5.22. The number of anilines is 1. The van der Waals surface area contributed by atoms with E-state index < -0.39 is 12.2 Å². The van der Waals surface area contributed by atoms with Crippen LogP contribution in [0, 0.1) is 6.92 Å². The summed E-state index contributed by atoms with van der Waals surface area (Å²) in [6, 6.07) is 28.2. The highest BCUT2D eigenvalue weighted by molar-refractivity contribution is 5.94. The van der Waals surface area contributed by atoms with Crippen LogP contribution in [0.25, 0.3) is 22.6 Å². The Kier molecular flexibility index (Phi) is 6.05. The van der Waals surface area contributed by atoms with E-state index in [9.17, 15) is 9.90 Å². The van der Waals surface area contributed by atoms with Crippen LogP contribution in [0.3, 0.4) is 0 Å². The molecule has 35 heavy (non-hydrogen) atoms. The number of amides is 1. The van der Waals surface area contributed by atoms with E-state index in [1.807, 2.05) is 37.3 Å². The average molecular weight is 466 g/mol. The molecule has 0 aliphatic rings. The predicted molar refractivity (Wildman–Crippen MR) is 132 cm³/mol. The smallest absolute Gasteiger partial charge is 0.321 e. The fraction of sp³-hybridized carbons (Fsp3) is 0.0714. The number of aromatic hydroxyl groups is 1. The van der Waals surface area contributed by atoms with Gasteiger partial charge >= 0.3 is 12.2 Å². The minimum absolute atomic E-state index is 0.0242. The Hall–Kier alpha value is -4.78. The van der Waals surface area contributed by atoms with E-state index in [0.717, 1.165) is 5.56 Å². The van der Waals surface area contributed by atoms with Gasteiger partial charge in [-0.15, -0.1) is 0 Å². The Morgan fingerprint density at radius 2 is 1.54 bits per heavy atom. The first-order valence-electron chi connectivity index (χ1n) is 11.0. The number of ether oxygens (including phenoxy) is 2. The molecule has 5 aromatic rings. The number of phenols is 1. The zero-order valence-electron chi connectivity index (χ0n) is 18.8. The van der Waals surface area contributed by atoms with Crippen molar-refractivity contribution >= 4 is 22.7 Å². The van der Waals surface area contributed by atoms with E-state index in [0.29, 0.717) is 33.8 Å². The molecule has 0 aliphatic heterocycles. The molecule has 0 saturated carbocycles. The van der Waals surface area contributed by atoms with E-state index in [2.05, 4.69) is 10.3 Å². The molecule has 0 spiro atoms. The van der Waals surface area contributed by atoms with E-state index in [-0.39, 0.29) is 11.6 Å². The van der Waals surface area contributed by atoms with E-state index in [1.54, 1.807) is 60.7 Å². The maximum absolute atomic E-state index is 13.2. The summed E-state index contributed by atoms with van der Waals surface area (Å²) < 4.78 is 17.5. The first-order chi connectivity index (χ1) is 17.0. The number of carbonyl (C=O) groups excluding carboxylic acids is 1. The number of phenolic OH excluding ortho intramolecular Hbond substituents is 1. The van der Waals surface area contributed by atoms with Crippen LogP contribution in [0.4, 0.5) is 5.69 Å². The van der Waals surface area contributed by atoms with E-state index >= 15 is 0 Å². The van der Waals surface area contributed by atoms with Crippen LogP contribution >= 0.6 is 0 Å². The Balaban J connectivity index is 1.41. The molecule has 0 atom stereocenters. The van der Waals surface area contributed by atoms with Crippen molar-refractivity contribution in [3.8, 4) is 28.7 Å². The normalized spacial score (nSPS) is 10.9. The van der Waals surface area contributed by atoms with Gasteiger partial charge in [-0.3, -0.25) is 4.79 Å². The van der Waals surface area contributed by atoms with Gasteiger partial charge in [-0.2, -0.15) is 0 Å². The Labute approximate surface area is 201 Å². The van der Waals surface area contributed by atoms with Crippen molar-refractivity contribution in [3.05, 3.63) is 103 Å². The molecule has 1 heterocycles. The molecule has 0 saturated heterocycles. The largest absolute Gasteiger partial charge is 0.507 e. The number of fused-ring (bicyclic) bond motifs is 1. The lowest BCUT2D eigenvalue weighted by atomic mass is 10.1. The highest BCUT2D eigenvalue weighted by Crippen LogP contribution is 2.33. The highest BCUT2D eigenvalue weighted by Gasteiger charge is 2.24. The quantitative estimate of drug-likeness (QED) is 0.228. The second kappa shape index (κ2) is 9.61. The first-order valence-corrected chi connectivity index (χ1v) is 11.0. The van der Waals surface area contributed by atoms with Gasteiger partial charge in [0.25, 0.3) is 0 Å². The minimum atomic E-state index is -1.26. The number of para-hydroxylation sites is 2. The second-order valence-electron chi connectivity index (χ2n) is 7.91. The van der Waals surface area contributed by atoms with Gasteiger partial charge in [0.05, 0.1) is 5.56 Å². The van der Waals surface area contributed by atoms with Crippen molar-refractivity contribution in [2.24, 2.45) is 0 Å². The zero-order chi connectivity index (χ0) is 24.2. The highest BCUT2D eigenvalue weighted by atomic mass is 16.7. The zero-order valence-corrected chi connectivity index (χ0v) is 18.8. The summed E-state index contributed by atoms with van der Waals surface area (Å²) >= 11 is 0. The molecule has 7 nitrogen and oxygen atoms in total. The van der Waals surface area contributed by atoms with Gasteiger partial charge in [0.1, 0.15) is 22.8 Å². The van der Waals surface area contributed by atoms with Crippen LogP contribution in [0.1, 0.15) is 5.56 Å². The van der Waals surface area contributed by atoms with Gasteiger partial charge in [0, 0.05) is 5.69 Å². The molecule has 4 aromatic carbocycles. The number of hydrogen-bond acceptors (Lipinski definition) is 6. The summed E-state index contributed by atoms with van der Waals surface area (Å²) in [7, 11) is 0. The Morgan fingerprint density at radius 3 is 2.20 bits per heavy atom. The third-order valence-corrected chi connectivity index (χ3v) is 5.22. The summed E-state index contributed by atoms with van der Waals surface area (Å²) in [6.45, 7) is 1.97. The van der Waals surface area contributed by atoms with Crippen molar-refractivity contribution in [2.45, 2.75) is 13.2 Å². The molecule has 1 amide bonds. The lowest BCUT2D eigenvalue weighted by Gasteiger charge is -2.20. The topological polar surface area (TPSA) is 93.8 Å². The molecule has 0 aliphatic carbocycles. The summed E-state index contributed by atoms with van der Waals surface area (Å²) in [5.74, 6) is 0.664. The molecule has 2 N–H and O–H groups in total. The number of hydrogen-bond donors (Lipinski definition) is 2. The number of rotatable bonds is 7. The Morgan fingerprint density at radius 1 is 0.886 bits per heavy atom. The van der Waals surface area contributed by atoms with Crippen LogP contribution in [-0.2, 0) is 4.79 Å². The molecular weight excluding hydrogens is 444 g/mol. The molecular formula is C28H22N2O5. The van der Waals surface area contributed by atoms with Crippen molar-refractivity contribution in [2.75, 3.05) is 5.32 Å². The maximum Gasteiger partial charge on any atom is 0.321 e. The number of benzene rings is 4. The lowest BCUT2D eigenvalue weighted by Crippen LogP contribution is -2.38. The molecule has 7 heteroatoms. The number of carbonyl (C=O) groups is 1. The fourth-order valence-electron chi connectivity index (χ4n) is 3.52. The van der Waals surface area contributed by atoms with Crippen LogP contribution in [0.15, 0.2) is 101 Å². The molecule has 174 valence electrons. The predicted octanol–water partition coefficient (Wildman–Crippen LogP) is 5.93. The van der Waals surface area contributed by atoms with Crippen molar-refractivity contribution in [1.82, 2.24) is 4.98 Å². The summed E-state index contributed by atoms with van der Waals surface area (Å²) in [6.07, 6.45) is -1.26. The molecule has 0 radical (unpaired) electrons. The first kappa shape index (κ1) is 22.0.